The van der Waals surface area contributed by atoms with Gasteiger partial charge in [-0.25, -0.2) is 0 Å². The summed E-state index contributed by atoms with van der Waals surface area (Å²) >= 11 is 0. The molecular weight excluding hydrogens is 242 g/mol. The van der Waals surface area contributed by atoms with Crippen LogP contribution in [-0.4, -0.2) is 59.2 Å². The van der Waals surface area contributed by atoms with Gasteiger partial charge in [0.2, 0.25) is 0 Å². The van der Waals surface area contributed by atoms with E-state index in [4.69, 9.17) is 4.74 Å². The Morgan fingerprint density at radius 2 is 1.95 bits per heavy atom. The SMILES string of the molecule is CC1(C)CN(CC2CCCCCC2O)CC(CO)O1. The third-order valence-corrected chi connectivity index (χ3v) is 4.37. The van der Waals surface area contributed by atoms with E-state index in [9.17, 15) is 10.2 Å². The number of aliphatic hydroxyl groups is 2. The maximum Gasteiger partial charge on any atom is 0.0940 e. The fraction of sp³-hybridized carbons (Fsp3) is 1.00. The molecule has 0 spiro atoms. The lowest BCUT2D eigenvalue weighted by atomic mass is 9.95. The third-order valence-electron chi connectivity index (χ3n) is 4.37. The first kappa shape index (κ1) is 15.2. The lowest BCUT2D eigenvalue weighted by molar-refractivity contribution is -0.152. The molecule has 0 aromatic carbocycles. The molecule has 1 heterocycles. The van der Waals surface area contributed by atoms with E-state index >= 15 is 0 Å². The van der Waals surface area contributed by atoms with Crippen molar-refractivity contribution in [3.63, 3.8) is 0 Å². The summed E-state index contributed by atoms with van der Waals surface area (Å²) in [6.07, 6.45) is 5.48. The summed E-state index contributed by atoms with van der Waals surface area (Å²) < 4.78 is 5.84. The number of nitrogens with zero attached hydrogens (tertiary/aromatic N) is 1. The van der Waals surface area contributed by atoms with Crippen LogP contribution < -0.4 is 0 Å². The minimum Gasteiger partial charge on any atom is -0.394 e. The Hall–Kier alpha value is -0.160. The van der Waals surface area contributed by atoms with E-state index in [0.717, 1.165) is 38.9 Å². The molecule has 0 aromatic heterocycles. The first-order valence-electron chi connectivity index (χ1n) is 7.69. The Balaban J connectivity index is 1.93. The molecule has 19 heavy (non-hydrogen) atoms. The van der Waals surface area contributed by atoms with Crippen molar-refractivity contribution in [2.75, 3.05) is 26.2 Å². The Morgan fingerprint density at radius 1 is 1.21 bits per heavy atom. The van der Waals surface area contributed by atoms with Crippen molar-refractivity contribution in [2.24, 2.45) is 5.92 Å². The van der Waals surface area contributed by atoms with Crippen LogP contribution in [0.1, 0.15) is 46.0 Å². The maximum atomic E-state index is 10.2. The zero-order valence-corrected chi connectivity index (χ0v) is 12.3. The summed E-state index contributed by atoms with van der Waals surface area (Å²) in [5.41, 5.74) is -0.207. The Bertz CT molecular complexity index is 283. The molecule has 0 radical (unpaired) electrons. The van der Waals surface area contributed by atoms with Crippen LogP contribution in [0.5, 0.6) is 0 Å². The number of hydrogen-bond acceptors (Lipinski definition) is 4. The van der Waals surface area contributed by atoms with E-state index in [2.05, 4.69) is 18.7 Å². The highest BCUT2D eigenvalue weighted by molar-refractivity contribution is 4.86. The van der Waals surface area contributed by atoms with Gasteiger partial charge in [-0.3, -0.25) is 4.90 Å². The van der Waals surface area contributed by atoms with E-state index in [1.165, 1.54) is 12.8 Å². The van der Waals surface area contributed by atoms with E-state index in [-0.39, 0.29) is 24.4 Å². The highest BCUT2D eigenvalue weighted by atomic mass is 16.5. The lowest BCUT2D eigenvalue weighted by Crippen LogP contribution is -2.55. The smallest absolute Gasteiger partial charge is 0.0940 e. The van der Waals surface area contributed by atoms with Crippen LogP contribution in [0.25, 0.3) is 0 Å². The van der Waals surface area contributed by atoms with E-state index in [0.29, 0.717) is 5.92 Å². The molecule has 1 aliphatic carbocycles. The molecule has 2 N–H and O–H groups in total. The third kappa shape index (κ3) is 4.42. The van der Waals surface area contributed by atoms with Gasteiger partial charge < -0.3 is 14.9 Å². The molecule has 112 valence electrons. The minimum atomic E-state index is -0.207. The summed E-state index contributed by atoms with van der Waals surface area (Å²) in [4.78, 5) is 2.36. The van der Waals surface area contributed by atoms with Gasteiger partial charge in [-0.05, 0) is 32.6 Å². The fourth-order valence-electron chi connectivity index (χ4n) is 3.56. The van der Waals surface area contributed by atoms with Gasteiger partial charge in [0.15, 0.2) is 0 Å². The van der Waals surface area contributed by atoms with Crippen molar-refractivity contribution in [1.29, 1.82) is 0 Å². The van der Waals surface area contributed by atoms with Gasteiger partial charge in [0, 0.05) is 19.6 Å². The van der Waals surface area contributed by atoms with Crippen LogP contribution in [0.3, 0.4) is 0 Å². The van der Waals surface area contributed by atoms with E-state index in [1.54, 1.807) is 0 Å². The zero-order chi connectivity index (χ0) is 13.9. The van der Waals surface area contributed by atoms with Crippen molar-refractivity contribution in [3.05, 3.63) is 0 Å². The first-order chi connectivity index (χ1) is 9.00. The molecule has 0 aromatic rings. The minimum absolute atomic E-state index is 0.0765. The molecular formula is C15H29NO3. The largest absolute Gasteiger partial charge is 0.394 e. The van der Waals surface area contributed by atoms with Crippen molar-refractivity contribution >= 4 is 0 Å². The number of ether oxygens (including phenoxy) is 1. The molecule has 0 amide bonds. The highest BCUT2D eigenvalue weighted by Crippen LogP contribution is 2.27. The van der Waals surface area contributed by atoms with Crippen molar-refractivity contribution < 1.29 is 14.9 Å². The van der Waals surface area contributed by atoms with E-state index in [1.807, 2.05) is 0 Å². The van der Waals surface area contributed by atoms with Crippen LogP contribution in [-0.2, 0) is 4.74 Å². The monoisotopic (exact) mass is 271 g/mol. The van der Waals surface area contributed by atoms with Crippen molar-refractivity contribution in [2.45, 2.75) is 63.8 Å². The first-order valence-corrected chi connectivity index (χ1v) is 7.69. The molecule has 1 aliphatic heterocycles. The molecule has 1 saturated heterocycles. The maximum absolute atomic E-state index is 10.2. The van der Waals surface area contributed by atoms with Gasteiger partial charge in [-0.1, -0.05) is 19.3 Å². The predicted octanol–water partition coefficient (Wildman–Crippen LogP) is 1.40. The van der Waals surface area contributed by atoms with E-state index < -0.39 is 0 Å². The normalized spacial score (nSPS) is 36.9. The van der Waals surface area contributed by atoms with Crippen LogP contribution in [0, 0.1) is 5.92 Å². The summed E-state index contributed by atoms with van der Waals surface area (Å²) in [5.74, 6) is 0.385. The molecule has 3 unspecified atom stereocenters. The molecule has 2 rings (SSSR count). The predicted molar refractivity (Wildman–Crippen MR) is 75.1 cm³/mol. The quantitative estimate of drug-likeness (QED) is 0.762. The Kier molecular flexibility index (Phi) is 5.23. The van der Waals surface area contributed by atoms with Gasteiger partial charge in [0.1, 0.15) is 0 Å². The second-order valence-electron chi connectivity index (χ2n) is 6.84. The number of rotatable bonds is 3. The van der Waals surface area contributed by atoms with Gasteiger partial charge in [0.25, 0.3) is 0 Å². The van der Waals surface area contributed by atoms with Crippen LogP contribution in [0.2, 0.25) is 0 Å². The number of aliphatic hydroxyl groups excluding tert-OH is 2. The van der Waals surface area contributed by atoms with Crippen LogP contribution >= 0.6 is 0 Å². The highest BCUT2D eigenvalue weighted by Gasteiger charge is 2.35. The van der Waals surface area contributed by atoms with Gasteiger partial charge >= 0.3 is 0 Å². The van der Waals surface area contributed by atoms with Gasteiger partial charge in [-0.2, -0.15) is 0 Å². The topological polar surface area (TPSA) is 52.9 Å². The average Bonchev–Trinajstić information content (AvgIpc) is 2.53. The molecule has 2 fully saturated rings. The Morgan fingerprint density at radius 3 is 2.68 bits per heavy atom. The molecule has 4 nitrogen and oxygen atoms in total. The standard InChI is InChI=1S/C15H29NO3/c1-15(2)11-16(9-13(10-17)19-15)8-12-6-4-3-5-7-14(12)18/h12-14,17-18H,3-11H2,1-2H3. The molecule has 1 saturated carbocycles. The number of morpholine rings is 1. The summed E-state index contributed by atoms with van der Waals surface area (Å²) in [6.45, 7) is 6.82. The van der Waals surface area contributed by atoms with Gasteiger partial charge in [0.05, 0.1) is 24.4 Å². The van der Waals surface area contributed by atoms with Gasteiger partial charge in [-0.15, -0.1) is 0 Å². The average molecular weight is 271 g/mol. The zero-order valence-electron chi connectivity index (χ0n) is 12.3. The molecule has 4 heteroatoms. The van der Waals surface area contributed by atoms with Crippen molar-refractivity contribution in [3.8, 4) is 0 Å². The number of hydrogen-bond donors (Lipinski definition) is 2. The Labute approximate surface area is 116 Å². The van der Waals surface area contributed by atoms with Crippen LogP contribution in [0.4, 0.5) is 0 Å². The molecule has 2 aliphatic rings. The summed E-state index contributed by atoms with van der Waals surface area (Å²) in [5, 5.41) is 19.6. The summed E-state index contributed by atoms with van der Waals surface area (Å²) in [7, 11) is 0. The van der Waals surface area contributed by atoms with Crippen LogP contribution in [0.15, 0.2) is 0 Å². The second kappa shape index (κ2) is 6.53. The lowest BCUT2D eigenvalue weighted by Gasteiger charge is -2.43. The second-order valence-corrected chi connectivity index (χ2v) is 6.84. The van der Waals surface area contributed by atoms with Crippen molar-refractivity contribution in [1.82, 2.24) is 4.90 Å². The molecule has 0 bridgehead atoms. The summed E-state index contributed by atoms with van der Waals surface area (Å²) in [6, 6.07) is 0. The molecule has 3 atom stereocenters. The fourth-order valence-corrected chi connectivity index (χ4v) is 3.56.